The van der Waals surface area contributed by atoms with Crippen LogP contribution >= 0.6 is 0 Å². The molecule has 2 aliphatic rings. The second-order valence-corrected chi connectivity index (χ2v) is 9.84. The van der Waals surface area contributed by atoms with E-state index in [1.807, 2.05) is 0 Å². The summed E-state index contributed by atoms with van der Waals surface area (Å²) in [5.41, 5.74) is 1.80. The average Bonchev–Trinajstić information content (AvgIpc) is 2.77. The van der Waals surface area contributed by atoms with Crippen LogP contribution < -0.4 is 0 Å². The maximum Gasteiger partial charge on any atom is 0.282 e. The van der Waals surface area contributed by atoms with Gasteiger partial charge in [0, 0.05) is 39.3 Å². The minimum absolute atomic E-state index is 0.189. The molecular formula is C22H27F2N3O2S. The van der Waals surface area contributed by atoms with Crippen molar-refractivity contribution in [3.05, 3.63) is 71.3 Å². The fourth-order valence-corrected chi connectivity index (χ4v) is 6.03. The van der Waals surface area contributed by atoms with E-state index in [9.17, 15) is 17.2 Å². The normalized spacial score (nSPS) is 20.0. The van der Waals surface area contributed by atoms with Gasteiger partial charge in [-0.15, -0.1) is 0 Å². The number of nitrogens with zero attached hydrogens (tertiary/aromatic N) is 3. The fourth-order valence-electron chi connectivity index (χ4n) is 4.36. The molecular weight excluding hydrogens is 408 g/mol. The monoisotopic (exact) mass is 435 g/mol. The van der Waals surface area contributed by atoms with Crippen molar-refractivity contribution in [1.29, 1.82) is 0 Å². The second-order valence-electron chi connectivity index (χ2n) is 7.91. The summed E-state index contributed by atoms with van der Waals surface area (Å²) in [6.45, 7) is 3.08. The first kappa shape index (κ1) is 21.4. The van der Waals surface area contributed by atoms with Crippen molar-refractivity contribution in [3.63, 3.8) is 0 Å². The van der Waals surface area contributed by atoms with Crippen LogP contribution in [0.1, 0.15) is 36.4 Å². The molecule has 0 amide bonds. The zero-order valence-corrected chi connectivity index (χ0v) is 17.7. The molecule has 162 valence electrons. The Kier molecular flexibility index (Phi) is 6.48. The lowest BCUT2D eigenvalue weighted by molar-refractivity contribution is 0.149. The van der Waals surface area contributed by atoms with E-state index in [1.165, 1.54) is 24.3 Å². The summed E-state index contributed by atoms with van der Waals surface area (Å²) in [5.74, 6) is -0.622. The van der Waals surface area contributed by atoms with E-state index in [0.29, 0.717) is 39.3 Å². The molecule has 2 saturated heterocycles. The third-order valence-electron chi connectivity index (χ3n) is 5.98. The lowest BCUT2D eigenvalue weighted by Gasteiger charge is -2.41. The molecule has 0 bridgehead atoms. The van der Waals surface area contributed by atoms with Crippen molar-refractivity contribution in [2.24, 2.45) is 0 Å². The van der Waals surface area contributed by atoms with Crippen molar-refractivity contribution < 1.29 is 17.2 Å². The number of rotatable bonds is 5. The van der Waals surface area contributed by atoms with Crippen molar-refractivity contribution in [2.45, 2.75) is 25.3 Å². The summed E-state index contributed by atoms with van der Waals surface area (Å²) < 4.78 is 56.1. The van der Waals surface area contributed by atoms with Gasteiger partial charge in [-0.25, -0.2) is 8.78 Å². The molecule has 0 unspecified atom stereocenters. The van der Waals surface area contributed by atoms with Gasteiger partial charge in [-0.3, -0.25) is 4.90 Å². The fraction of sp³-hybridized carbons (Fsp3) is 0.455. The van der Waals surface area contributed by atoms with Crippen LogP contribution in [0.2, 0.25) is 0 Å². The number of hydrogen-bond donors (Lipinski definition) is 0. The number of halogens is 2. The van der Waals surface area contributed by atoms with Gasteiger partial charge in [-0.1, -0.05) is 30.7 Å². The largest absolute Gasteiger partial charge is 0.290 e. The van der Waals surface area contributed by atoms with E-state index in [0.717, 1.165) is 30.4 Å². The third-order valence-corrected chi connectivity index (χ3v) is 8.01. The van der Waals surface area contributed by atoms with Gasteiger partial charge in [0.25, 0.3) is 10.2 Å². The van der Waals surface area contributed by atoms with Crippen molar-refractivity contribution in [2.75, 3.05) is 39.3 Å². The van der Waals surface area contributed by atoms with Gasteiger partial charge < -0.3 is 0 Å². The summed E-state index contributed by atoms with van der Waals surface area (Å²) in [4.78, 5) is 2.18. The average molecular weight is 436 g/mol. The Morgan fingerprint density at radius 2 is 1.07 bits per heavy atom. The molecule has 8 heteroatoms. The molecule has 2 aromatic rings. The number of benzene rings is 2. The molecule has 0 aliphatic carbocycles. The summed E-state index contributed by atoms with van der Waals surface area (Å²) in [6, 6.07) is 12.4. The Morgan fingerprint density at radius 1 is 0.633 bits per heavy atom. The van der Waals surface area contributed by atoms with Crippen LogP contribution in [-0.2, 0) is 10.2 Å². The molecule has 5 nitrogen and oxygen atoms in total. The molecule has 0 N–H and O–H groups in total. The van der Waals surface area contributed by atoms with E-state index in [-0.39, 0.29) is 17.7 Å². The molecule has 0 spiro atoms. The highest BCUT2D eigenvalue weighted by atomic mass is 32.2. The quantitative estimate of drug-likeness (QED) is 0.723. The maximum atomic E-state index is 13.5. The zero-order valence-electron chi connectivity index (χ0n) is 16.9. The molecule has 2 heterocycles. The summed E-state index contributed by atoms with van der Waals surface area (Å²) in [5, 5.41) is 0. The van der Waals surface area contributed by atoms with Gasteiger partial charge in [0.15, 0.2) is 0 Å². The number of hydrogen-bond acceptors (Lipinski definition) is 3. The first-order valence-electron chi connectivity index (χ1n) is 10.5. The van der Waals surface area contributed by atoms with Crippen molar-refractivity contribution in [3.8, 4) is 0 Å². The highest BCUT2D eigenvalue weighted by molar-refractivity contribution is 7.86. The van der Waals surface area contributed by atoms with Gasteiger partial charge in [0.1, 0.15) is 11.6 Å². The first-order valence-corrected chi connectivity index (χ1v) is 11.8. The Hall–Kier alpha value is -1.87. The first-order chi connectivity index (χ1) is 14.4. The second kappa shape index (κ2) is 9.09. The van der Waals surface area contributed by atoms with E-state index in [4.69, 9.17) is 0 Å². The highest BCUT2D eigenvalue weighted by Gasteiger charge is 2.35. The van der Waals surface area contributed by atoms with Gasteiger partial charge in [0.05, 0.1) is 6.04 Å². The van der Waals surface area contributed by atoms with E-state index in [1.54, 1.807) is 32.9 Å². The number of piperidine rings is 1. The van der Waals surface area contributed by atoms with Gasteiger partial charge in [0.2, 0.25) is 0 Å². The van der Waals surface area contributed by atoms with Crippen LogP contribution in [-0.4, -0.2) is 61.2 Å². The van der Waals surface area contributed by atoms with Gasteiger partial charge in [-0.2, -0.15) is 17.0 Å². The molecule has 2 aliphatic heterocycles. The van der Waals surface area contributed by atoms with E-state index >= 15 is 0 Å². The van der Waals surface area contributed by atoms with E-state index < -0.39 is 10.2 Å². The summed E-state index contributed by atoms with van der Waals surface area (Å²) >= 11 is 0. The molecule has 0 radical (unpaired) electrons. The maximum absolute atomic E-state index is 13.5. The van der Waals surface area contributed by atoms with Crippen LogP contribution in [0.4, 0.5) is 8.78 Å². The number of piperazine rings is 1. The summed E-state index contributed by atoms with van der Waals surface area (Å²) in [6.07, 6.45) is 2.91. The van der Waals surface area contributed by atoms with Crippen LogP contribution in [0.15, 0.2) is 48.5 Å². The predicted molar refractivity (Wildman–Crippen MR) is 112 cm³/mol. The minimum atomic E-state index is -3.43. The Morgan fingerprint density at radius 3 is 1.53 bits per heavy atom. The molecule has 30 heavy (non-hydrogen) atoms. The van der Waals surface area contributed by atoms with E-state index in [2.05, 4.69) is 4.90 Å². The van der Waals surface area contributed by atoms with Crippen LogP contribution in [0.3, 0.4) is 0 Å². The van der Waals surface area contributed by atoms with Crippen molar-refractivity contribution in [1.82, 2.24) is 13.5 Å². The molecule has 0 saturated carbocycles. The van der Waals surface area contributed by atoms with Crippen LogP contribution in [0, 0.1) is 11.6 Å². The molecule has 0 atom stereocenters. The standard InChI is InChI=1S/C22H27F2N3O2S/c23-20-8-4-18(5-9-20)22(19-6-10-21(24)11-7-19)25-14-16-27(17-15-25)30(28,29)26-12-2-1-3-13-26/h4-11,22H,1-3,12-17H2. The van der Waals surface area contributed by atoms with Gasteiger partial charge >= 0.3 is 0 Å². The molecule has 2 aromatic carbocycles. The van der Waals surface area contributed by atoms with Gasteiger partial charge in [-0.05, 0) is 48.2 Å². The lowest BCUT2D eigenvalue weighted by Crippen LogP contribution is -2.54. The van der Waals surface area contributed by atoms with Crippen molar-refractivity contribution >= 4 is 10.2 Å². The smallest absolute Gasteiger partial charge is 0.282 e. The topological polar surface area (TPSA) is 43.9 Å². The van der Waals surface area contributed by atoms with Crippen LogP contribution in [0.25, 0.3) is 0 Å². The lowest BCUT2D eigenvalue weighted by atomic mass is 9.96. The molecule has 0 aromatic heterocycles. The molecule has 2 fully saturated rings. The predicted octanol–water partition coefficient (Wildman–Crippen LogP) is 3.40. The zero-order chi connectivity index (χ0) is 21.1. The highest BCUT2D eigenvalue weighted by Crippen LogP contribution is 2.31. The Bertz CT molecular complexity index is 892. The SMILES string of the molecule is O=S(=O)(N1CCCCC1)N1CCN(C(c2ccc(F)cc2)c2ccc(F)cc2)CC1. The van der Waals surface area contributed by atoms with Crippen LogP contribution in [0.5, 0.6) is 0 Å². The third kappa shape index (κ3) is 4.56. The minimum Gasteiger partial charge on any atom is -0.290 e. The Labute approximate surface area is 177 Å². The molecule has 4 rings (SSSR count). The summed E-state index contributed by atoms with van der Waals surface area (Å²) in [7, 11) is -3.43. The Balaban J connectivity index is 1.53.